The van der Waals surface area contributed by atoms with Crippen molar-refractivity contribution in [1.29, 1.82) is 5.26 Å². The third kappa shape index (κ3) is 6.65. The smallest absolute Gasteiger partial charge is 0.407 e. The number of nitriles is 1. The van der Waals surface area contributed by atoms with Crippen LogP contribution < -0.4 is 10.6 Å². The molecule has 0 aliphatic rings. The van der Waals surface area contributed by atoms with E-state index in [4.69, 9.17) is 10.00 Å². The minimum atomic E-state index is -0.589. The first-order chi connectivity index (χ1) is 10.7. The Morgan fingerprint density at radius 1 is 1.39 bits per heavy atom. The number of rotatable bonds is 6. The molecule has 8 heteroatoms. The third-order valence-corrected chi connectivity index (χ3v) is 2.67. The third-order valence-electron chi connectivity index (χ3n) is 2.67. The van der Waals surface area contributed by atoms with E-state index in [9.17, 15) is 14.9 Å². The van der Waals surface area contributed by atoms with Crippen LogP contribution in [0.5, 0.6) is 0 Å². The number of anilines is 1. The quantitative estimate of drug-likeness (QED) is 0.473. The summed E-state index contributed by atoms with van der Waals surface area (Å²) >= 11 is 0. The zero-order chi connectivity index (χ0) is 17.5. The van der Waals surface area contributed by atoms with Crippen molar-refractivity contribution in [2.45, 2.75) is 32.8 Å². The van der Waals surface area contributed by atoms with Gasteiger partial charge in [-0.1, -0.05) is 0 Å². The number of nitro groups is 1. The Morgan fingerprint density at radius 3 is 2.65 bits per heavy atom. The van der Waals surface area contributed by atoms with E-state index in [0.717, 1.165) is 0 Å². The largest absolute Gasteiger partial charge is 0.444 e. The SMILES string of the molecule is CC(C)(C)OC(=O)NCCCNc1ccc(C#N)c([N+](=O)[O-])c1. The fourth-order valence-corrected chi connectivity index (χ4v) is 1.71. The number of hydrogen-bond acceptors (Lipinski definition) is 6. The number of nitro benzene ring substituents is 1. The maximum Gasteiger partial charge on any atom is 0.407 e. The van der Waals surface area contributed by atoms with Crippen molar-refractivity contribution in [3.8, 4) is 6.07 Å². The van der Waals surface area contributed by atoms with Crippen LogP contribution >= 0.6 is 0 Å². The molecule has 0 aliphatic heterocycles. The molecule has 0 aromatic heterocycles. The number of amides is 1. The Hall–Kier alpha value is -2.82. The number of nitrogens with one attached hydrogen (secondary N) is 2. The lowest BCUT2D eigenvalue weighted by molar-refractivity contribution is -0.385. The van der Waals surface area contributed by atoms with Crippen LogP contribution in [-0.4, -0.2) is 29.7 Å². The minimum Gasteiger partial charge on any atom is -0.444 e. The molecule has 124 valence electrons. The number of ether oxygens (including phenoxy) is 1. The van der Waals surface area contributed by atoms with Gasteiger partial charge in [-0.25, -0.2) is 4.79 Å². The summed E-state index contributed by atoms with van der Waals surface area (Å²) in [7, 11) is 0. The van der Waals surface area contributed by atoms with Gasteiger partial charge in [0.15, 0.2) is 0 Å². The van der Waals surface area contributed by atoms with Crippen molar-refractivity contribution in [1.82, 2.24) is 5.32 Å². The summed E-state index contributed by atoms with van der Waals surface area (Å²) in [4.78, 5) is 21.7. The van der Waals surface area contributed by atoms with Gasteiger partial charge in [0, 0.05) is 24.8 Å². The van der Waals surface area contributed by atoms with Crippen LogP contribution in [0.1, 0.15) is 32.8 Å². The van der Waals surface area contributed by atoms with Gasteiger partial charge in [0.2, 0.25) is 0 Å². The predicted molar refractivity (Wildman–Crippen MR) is 85.2 cm³/mol. The topological polar surface area (TPSA) is 117 Å². The number of nitrogens with zero attached hydrogens (tertiary/aromatic N) is 2. The van der Waals surface area contributed by atoms with Gasteiger partial charge in [-0.3, -0.25) is 10.1 Å². The molecule has 2 N–H and O–H groups in total. The van der Waals surface area contributed by atoms with Crippen molar-refractivity contribution < 1.29 is 14.5 Å². The average Bonchev–Trinajstić information content (AvgIpc) is 2.44. The number of benzene rings is 1. The van der Waals surface area contributed by atoms with Gasteiger partial charge in [0.1, 0.15) is 17.2 Å². The van der Waals surface area contributed by atoms with Gasteiger partial charge in [-0.05, 0) is 39.3 Å². The molecule has 0 bridgehead atoms. The second-order valence-electron chi connectivity index (χ2n) is 5.81. The number of hydrogen-bond donors (Lipinski definition) is 2. The van der Waals surface area contributed by atoms with E-state index < -0.39 is 16.6 Å². The van der Waals surface area contributed by atoms with Crippen molar-refractivity contribution >= 4 is 17.5 Å². The Morgan fingerprint density at radius 2 is 2.09 bits per heavy atom. The monoisotopic (exact) mass is 320 g/mol. The molecule has 1 aromatic carbocycles. The lowest BCUT2D eigenvalue weighted by Crippen LogP contribution is -2.33. The van der Waals surface area contributed by atoms with E-state index in [1.54, 1.807) is 32.9 Å². The molecule has 0 spiro atoms. The molecule has 23 heavy (non-hydrogen) atoms. The molecule has 0 atom stereocenters. The highest BCUT2D eigenvalue weighted by atomic mass is 16.6. The fraction of sp³-hybridized carbons (Fsp3) is 0.467. The van der Waals surface area contributed by atoms with Crippen molar-refractivity contribution in [3.63, 3.8) is 0 Å². The average molecular weight is 320 g/mol. The van der Waals surface area contributed by atoms with Crippen LogP contribution in [0.15, 0.2) is 18.2 Å². The molecule has 0 aliphatic carbocycles. The summed E-state index contributed by atoms with van der Waals surface area (Å²) in [6, 6.07) is 6.11. The highest BCUT2D eigenvalue weighted by molar-refractivity contribution is 5.67. The zero-order valence-electron chi connectivity index (χ0n) is 13.4. The van der Waals surface area contributed by atoms with E-state index >= 15 is 0 Å². The lowest BCUT2D eigenvalue weighted by Gasteiger charge is -2.19. The van der Waals surface area contributed by atoms with Crippen LogP contribution in [0.2, 0.25) is 0 Å². The number of alkyl carbamates (subject to hydrolysis) is 1. The van der Waals surface area contributed by atoms with Gasteiger partial charge in [-0.2, -0.15) is 5.26 Å². The lowest BCUT2D eigenvalue weighted by atomic mass is 10.2. The highest BCUT2D eigenvalue weighted by Crippen LogP contribution is 2.22. The maximum absolute atomic E-state index is 11.4. The van der Waals surface area contributed by atoms with Gasteiger partial charge in [0.25, 0.3) is 5.69 Å². The molecule has 0 saturated carbocycles. The summed E-state index contributed by atoms with van der Waals surface area (Å²) < 4.78 is 5.09. The molecular weight excluding hydrogens is 300 g/mol. The molecular formula is C15H20N4O4. The van der Waals surface area contributed by atoms with E-state index in [0.29, 0.717) is 25.2 Å². The molecule has 0 fully saturated rings. The molecule has 1 amide bonds. The number of carbonyl (C=O) groups excluding carboxylic acids is 1. The van der Waals surface area contributed by atoms with Crippen LogP contribution in [0.4, 0.5) is 16.2 Å². The van der Waals surface area contributed by atoms with Gasteiger partial charge in [0.05, 0.1) is 4.92 Å². The van der Waals surface area contributed by atoms with Crippen LogP contribution in [0.3, 0.4) is 0 Å². The Kier molecular flexibility index (Phi) is 6.33. The molecule has 0 saturated heterocycles. The summed E-state index contributed by atoms with van der Waals surface area (Å²) in [5.74, 6) is 0. The maximum atomic E-state index is 11.4. The highest BCUT2D eigenvalue weighted by Gasteiger charge is 2.15. The Bertz CT molecular complexity index is 617. The molecule has 0 unspecified atom stereocenters. The van der Waals surface area contributed by atoms with Crippen LogP contribution in [0, 0.1) is 21.4 Å². The Balaban J connectivity index is 2.40. The predicted octanol–water partition coefficient (Wildman–Crippen LogP) is 2.79. The van der Waals surface area contributed by atoms with E-state index in [1.807, 2.05) is 0 Å². The summed E-state index contributed by atoms with van der Waals surface area (Å²) in [6.07, 6.45) is 0.138. The van der Waals surface area contributed by atoms with Gasteiger partial charge >= 0.3 is 6.09 Å². The number of carbonyl (C=O) groups is 1. The van der Waals surface area contributed by atoms with E-state index in [2.05, 4.69) is 10.6 Å². The van der Waals surface area contributed by atoms with Gasteiger partial charge < -0.3 is 15.4 Å². The van der Waals surface area contributed by atoms with Crippen molar-refractivity contribution in [3.05, 3.63) is 33.9 Å². The molecule has 8 nitrogen and oxygen atoms in total. The Labute approximate surface area is 134 Å². The first-order valence-electron chi connectivity index (χ1n) is 7.12. The summed E-state index contributed by atoms with van der Waals surface area (Å²) in [6.45, 7) is 6.28. The molecule has 0 radical (unpaired) electrons. The first-order valence-corrected chi connectivity index (χ1v) is 7.12. The summed E-state index contributed by atoms with van der Waals surface area (Å²) in [5, 5.41) is 25.3. The second kappa shape index (κ2) is 7.98. The standard InChI is InChI=1S/C15H20N4O4/c1-15(2,3)23-14(20)18-8-4-7-17-12-6-5-11(10-16)13(9-12)19(21)22/h5-6,9,17H,4,7-8H2,1-3H3,(H,18,20). The first kappa shape index (κ1) is 18.2. The van der Waals surface area contributed by atoms with Crippen LogP contribution in [-0.2, 0) is 4.74 Å². The molecule has 1 aromatic rings. The molecule has 0 heterocycles. The van der Waals surface area contributed by atoms with Crippen molar-refractivity contribution in [2.75, 3.05) is 18.4 Å². The van der Waals surface area contributed by atoms with Crippen LogP contribution in [0.25, 0.3) is 0 Å². The minimum absolute atomic E-state index is 0.0205. The second-order valence-corrected chi connectivity index (χ2v) is 5.81. The molecule has 1 rings (SSSR count). The van der Waals surface area contributed by atoms with E-state index in [-0.39, 0.29) is 11.3 Å². The summed E-state index contributed by atoms with van der Waals surface area (Å²) in [5.41, 5.74) is -0.200. The fourth-order valence-electron chi connectivity index (χ4n) is 1.71. The van der Waals surface area contributed by atoms with E-state index in [1.165, 1.54) is 12.1 Å². The zero-order valence-corrected chi connectivity index (χ0v) is 13.4. The van der Waals surface area contributed by atoms with Crippen molar-refractivity contribution in [2.24, 2.45) is 0 Å². The normalized spacial score (nSPS) is 10.5. The van der Waals surface area contributed by atoms with Gasteiger partial charge in [-0.15, -0.1) is 0 Å².